The lowest BCUT2D eigenvalue weighted by Gasteiger charge is -2.18. The predicted molar refractivity (Wildman–Crippen MR) is 229 cm³/mol. The van der Waals surface area contributed by atoms with Crippen LogP contribution in [0.25, 0.3) is 89.4 Å². The van der Waals surface area contributed by atoms with E-state index in [4.69, 9.17) is 15.0 Å². The number of para-hydroxylation sites is 2. The first-order valence-corrected chi connectivity index (χ1v) is 19.5. The maximum absolute atomic E-state index is 5.18. The van der Waals surface area contributed by atoms with Gasteiger partial charge in [0.1, 0.15) is 0 Å². The SMILES string of the molecule is c1ccc(-c2cc(-c3nc(-c4ccccc4)nc(-c4ccccc4)n3)cc(-n3c4c(c5cc6c(cc53)c3ccccc3n6-c3ccccc3)CCCC4)c2)cc1. The summed E-state index contributed by atoms with van der Waals surface area (Å²) in [7, 11) is 0. The summed E-state index contributed by atoms with van der Waals surface area (Å²) in [5.74, 6) is 1.96. The van der Waals surface area contributed by atoms with Gasteiger partial charge in [-0.05, 0) is 90.9 Å². The molecule has 56 heavy (non-hydrogen) atoms. The van der Waals surface area contributed by atoms with Crippen LogP contribution in [0.15, 0.2) is 176 Å². The molecule has 0 radical (unpaired) electrons. The Labute approximate surface area is 325 Å². The Morgan fingerprint density at radius 1 is 0.339 bits per heavy atom. The fraction of sp³-hybridized carbons (Fsp3) is 0.0784. The largest absolute Gasteiger partial charge is 0.313 e. The first-order valence-electron chi connectivity index (χ1n) is 19.5. The van der Waals surface area contributed by atoms with Crippen molar-refractivity contribution in [2.24, 2.45) is 0 Å². The lowest BCUT2D eigenvalue weighted by molar-refractivity contribution is 0.667. The van der Waals surface area contributed by atoms with Crippen molar-refractivity contribution in [3.05, 3.63) is 187 Å². The minimum Gasteiger partial charge on any atom is -0.313 e. The van der Waals surface area contributed by atoms with Gasteiger partial charge >= 0.3 is 0 Å². The van der Waals surface area contributed by atoms with Crippen molar-refractivity contribution < 1.29 is 0 Å². The highest BCUT2D eigenvalue weighted by atomic mass is 15.0. The molecule has 0 atom stereocenters. The van der Waals surface area contributed by atoms with Gasteiger partial charge in [0, 0.05) is 49.9 Å². The molecule has 10 aromatic rings. The highest BCUT2D eigenvalue weighted by Crippen LogP contribution is 2.42. The van der Waals surface area contributed by atoms with Gasteiger partial charge in [-0.3, -0.25) is 0 Å². The molecule has 5 nitrogen and oxygen atoms in total. The molecule has 3 aromatic heterocycles. The number of aryl methyl sites for hydroxylation is 1. The smallest absolute Gasteiger partial charge is 0.164 e. The highest BCUT2D eigenvalue weighted by Gasteiger charge is 2.25. The Balaban J connectivity index is 1.19. The average Bonchev–Trinajstić information content (AvgIpc) is 3.78. The maximum Gasteiger partial charge on any atom is 0.164 e. The number of aromatic nitrogens is 5. The van der Waals surface area contributed by atoms with Gasteiger partial charge in [0.05, 0.1) is 16.6 Å². The van der Waals surface area contributed by atoms with Crippen molar-refractivity contribution in [2.45, 2.75) is 25.7 Å². The third-order valence-electron chi connectivity index (χ3n) is 11.3. The Morgan fingerprint density at radius 3 is 1.54 bits per heavy atom. The van der Waals surface area contributed by atoms with E-state index < -0.39 is 0 Å². The third-order valence-corrected chi connectivity index (χ3v) is 11.3. The van der Waals surface area contributed by atoms with Crippen molar-refractivity contribution in [3.63, 3.8) is 0 Å². The molecule has 0 amide bonds. The molecule has 1 aliphatic rings. The standard InChI is InChI=1S/C51H37N5/c1-5-17-34(18-6-1)37-29-38(51-53-49(35-19-7-2-8-20-35)52-50(54-51)36-21-9-3-10-22-36)31-40(30-37)56-46-28-16-14-26-42(46)44-32-47-43(33-48(44)56)41-25-13-15-27-45(41)55(47)39-23-11-4-12-24-39/h1-13,15,17-25,27,29-33H,14,16,26,28H2. The first kappa shape index (κ1) is 32.3. The van der Waals surface area contributed by atoms with Gasteiger partial charge in [-0.15, -0.1) is 0 Å². The van der Waals surface area contributed by atoms with E-state index >= 15 is 0 Å². The summed E-state index contributed by atoms with van der Waals surface area (Å²) >= 11 is 0. The lowest BCUT2D eigenvalue weighted by Crippen LogP contribution is -2.07. The van der Waals surface area contributed by atoms with Crippen molar-refractivity contribution in [3.8, 4) is 56.7 Å². The molecular formula is C51H37N5. The molecule has 3 heterocycles. The number of benzene rings is 7. The van der Waals surface area contributed by atoms with E-state index in [-0.39, 0.29) is 0 Å². The highest BCUT2D eigenvalue weighted by molar-refractivity contribution is 6.14. The minimum atomic E-state index is 0.649. The van der Waals surface area contributed by atoms with E-state index in [0.29, 0.717) is 17.5 Å². The van der Waals surface area contributed by atoms with E-state index in [1.165, 1.54) is 62.5 Å². The second-order valence-electron chi connectivity index (χ2n) is 14.7. The van der Waals surface area contributed by atoms with Gasteiger partial charge in [-0.2, -0.15) is 0 Å². The van der Waals surface area contributed by atoms with E-state index in [1.807, 2.05) is 36.4 Å². The molecule has 0 fully saturated rings. The molecule has 0 saturated carbocycles. The number of hydrogen-bond donors (Lipinski definition) is 0. The van der Waals surface area contributed by atoms with Crippen LogP contribution in [0.2, 0.25) is 0 Å². The third kappa shape index (κ3) is 5.43. The number of fused-ring (bicyclic) bond motifs is 6. The van der Waals surface area contributed by atoms with Crippen molar-refractivity contribution in [2.75, 3.05) is 0 Å². The molecule has 11 rings (SSSR count). The van der Waals surface area contributed by atoms with E-state index in [0.717, 1.165) is 46.3 Å². The van der Waals surface area contributed by atoms with E-state index in [2.05, 4.69) is 149 Å². The summed E-state index contributed by atoms with van der Waals surface area (Å²) in [6.45, 7) is 0. The van der Waals surface area contributed by atoms with Crippen LogP contribution in [0.4, 0.5) is 0 Å². The van der Waals surface area contributed by atoms with Gasteiger partial charge in [0.15, 0.2) is 17.5 Å². The number of nitrogens with zero attached hydrogens (tertiary/aromatic N) is 5. The Bertz CT molecular complexity index is 3000. The second kappa shape index (κ2) is 13.3. The molecule has 0 bridgehead atoms. The Morgan fingerprint density at radius 2 is 0.857 bits per heavy atom. The fourth-order valence-corrected chi connectivity index (χ4v) is 8.76. The molecule has 1 aliphatic carbocycles. The molecule has 0 N–H and O–H groups in total. The summed E-state index contributed by atoms with van der Waals surface area (Å²) in [5.41, 5.74) is 14.0. The fourth-order valence-electron chi connectivity index (χ4n) is 8.76. The van der Waals surface area contributed by atoms with Crippen molar-refractivity contribution >= 4 is 32.7 Å². The summed E-state index contributed by atoms with van der Waals surface area (Å²) < 4.78 is 4.98. The molecular weight excluding hydrogens is 683 g/mol. The van der Waals surface area contributed by atoms with Gasteiger partial charge in [-0.1, -0.05) is 127 Å². The predicted octanol–water partition coefficient (Wildman–Crippen LogP) is 12.5. The Hall–Kier alpha value is -7.11. The first-order chi connectivity index (χ1) is 27.8. The van der Waals surface area contributed by atoms with E-state index in [1.54, 1.807) is 0 Å². The molecule has 7 aromatic carbocycles. The lowest BCUT2D eigenvalue weighted by atomic mass is 9.95. The summed E-state index contributed by atoms with van der Waals surface area (Å²) in [6, 6.07) is 62.4. The number of hydrogen-bond acceptors (Lipinski definition) is 3. The zero-order valence-corrected chi connectivity index (χ0v) is 30.8. The van der Waals surface area contributed by atoms with Crippen LogP contribution in [0.3, 0.4) is 0 Å². The Kier molecular flexibility index (Phi) is 7.69. The van der Waals surface area contributed by atoms with Crippen LogP contribution in [0.1, 0.15) is 24.1 Å². The second-order valence-corrected chi connectivity index (χ2v) is 14.7. The number of rotatable bonds is 6. The van der Waals surface area contributed by atoms with Crippen LogP contribution < -0.4 is 0 Å². The monoisotopic (exact) mass is 719 g/mol. The van der Waals surface area contributed by atoms with Gasteiger partial charge in [0.25, 0.3) is 0 Å². The van der Waals surface area contributed by atoms with Crippen molar-refractivity contribution in [1.82, 2.24) is 24.1 Å². The normalized spacial score (nSPS) is 12.7. The molecule has 5 heteroatoms. The quantitative estimate of drug-likeness (QED) is 0.172. The molecule has 0 aliphatic heterocycles. The van der Waals surface area contributed by atoms with Gasteiger partial charge < -0.3 is 9.13 Å². The zero-order valence-electron chi connectivity index (χ0n) is 30.8. The topological polar surface area (TPSA) is 48.5 Å². The van der Waals surface area contributed by atoms with Crippen LogP contribution in [0, 0.1) is 0 Å². The molecule has 0 unspecified atom stereocenters. The average molecular weight is 720 g/mol. The van der Waals surface area contributed by atoms with Crippen LogP contribution in [-0.2, 0) is 12.8 Å². The van der Waals surface area contributed by atoms with Gasteiger partial charge in [0.2, 0.25) is 0 Å². The maximum atomic E-state index is 5.18. The van der Waals surface area contributed by atoms with Crippen LogP contribution in [0.5, 0.6) is 0 Å². The van der Waals surface area contributed by atoms with Crippen LogP contribution >= 0.6 is 0 Å². The molecule has 266 valence electrons. The minimum absolute atomic E-state index is 0.649. The van der Waals surface area contributed by atoms with Crippen LogP contribution in [-0.4, -0.2) is 24.1 Å². The van der Waals surface area contributed by atoms with E-state index in [9.17, 15) is 0 Å². The summed E-state index contributed by atoms with van der Waals surface area (Å²) in [4.78, 5) is 15.4. The molecule has 0 spiro atoms. The summed E-state index contributed by atoms with van der Waals surface area (Å²) in [5, 5.41) is 3.84. The van der Waals surface area contributed by atoms with Gasteiger partial charge in [-0.25, -0.2) is 15.0 Å². The molecule has 0 saturated heterocycles. The zero-order chi connectivity index (χ0) is 37.0. The summed E-state index contributed by atoms with van der Waals surface area (Å²) in [6.07, 6.45) is 4.45. The van der Waals surface area contributed by atoms with Crippen molar-refractivity contribution in [1.29, 1.82) is 0 Å².